The number of benzene rings is 1. The van der Waals surface area contributed by atoms with Gasteiger partial charge in [-0.2, -0.15) is 0 Å². The standard InChI is InChI=1S/C21H38N4O3S/c1-5-23(6-2)15-14-22-21(26)25(17-16-24(7-3)8-4)18-19-29(27,28)20-12-10-9-11-13-20/h9-13H,5-8,14-19H2,1-4H3,(H,22,26). The summed E-state index contributed by atoms with van der Waals surface area (Å²) in [6, 6.07) is 8.21. The van der Waals surface area contributed by atoms with Gasteiger partial charge in [-0.15, -0.1) is 0 Å². The quantitative estimate of drug-likeness (QED) is 0.494. The highest BCUT2D eigenvalue weighted by Gasteiger charge is 2.20. The first-order valence-electron chi connectivity index (χ1n) is 10.6. The molecule has 8 heteroatoms. The second kappa shape index (κ2) is 13.6. The van der Waals surface area contributed by atoms with Gasteiger partial charge in [0.05, 0.1) is 10.6 Å². The van der Waals surface area contributed by atoms with Crippen molar-refractivity contribution in [1.82, 2.24) is 20.0 Å². The molecule has 29 heavy (non-hydrogen) atoms. The van der Waals surface area contributed by atoms with Crippen LogP contribution in [0.5, 0.6) is 0 Å². The van der Waals surface area contributed by atoms with Gasteiger partial charge in [-0.3, -0.25) is 0 Å². The molecule has 0 radical (unpaired) electrons. The van der Waals surface area contributed by atoms with Crippen LogP contribution in [0.4, 0.5) is 4.79 Å². The van der Waals surface area contributed by atoms with E-state index in [9.17, 15) is 13.2 Å². The van der Waals surface area contributed by atoms with Gasteiger partial charge in [0, 0.05) is 32.7 Å². The van der Waals surface area contributed by atoms with E-state index < -0.39 is 9.84 Å². The molecule has 0 heterocycles. The van der Waals surface area contributed by atoms with Crippen LogP contribution in [0.15, 0.2) is 35.2 Å². The van der Waals surface area contributed by atoms with Crippen LogP contribution in [0, 0.1) is 0 Å². The molecule has 0 saturated carbocycles. The van der Waals surface area contributed by atoms with Gasteiger partial charge in [0.25, 0.3) is 0 Å². The molecule has 0 aliphatic rings. The van der Waals surface area contributed by atoms with Crippen LogP contribution in [-0.4, -0.2) is 93.8 Å². The van der Waals surface area contributed by atoms with Crippen LogP contribution in [0.2, 0.25) is 0 Å². The van der Waals surface area contributed by atoms with E-state index in [1.165, 1.54) is 0 Å². The minimum Gasteiger partial charge on any atom is -0.337 e. The summed E-state index contributed by atoms with van der Waals surface area (Å²) in [6.07, 6.45) is 0. The molecule has 1 N–H and O–H groups in total. The summed E-state index contributed by atoms with van der Waals surface area (Å²) in [5.41, 5.74) is 0. The maximum absolute atomic E-state index is 12.7. The smallest absolute Gasteiger partial charge is 0.317 e. The van der Waals surface area contributed by atoms with E-state index in [2.05, 4.69) is 42.8 Å². The summed E-state index contributed by atoms with van der Waals surface area (Å²) in [4.78, 5) is 19.1. The second-order valence-corrected chi connectivity index (χ2v) is 9.01. The number of carbonyl (C=O) groups is 1. The Morgan fingerprint density at radius 3 is 1.93 bits per heavy atom. The Morgan fingerprint density at radius 2 is 1.38 bits per heavy atom. The van der Waals surface area contributed by atoms with Crippen LogP contribution >= 0.6 is 0 Å². The molecule has 1 rings (SSSR count). The number of likely N-dealkylation sites (N-methyl/N-ethyl adjacent to an activating group) is 2. The number of hydrogen-bond donors (Lipinski definition) is 1. The van der Waals surface area contributed by atoms with Crippen molar-refractivity contribution in [3.63, 3.8) is 0 Å². The molecule has 0 atom stereocenters. The predicted octanol–water partition coefficient (Wildman–Crippen LogP) is 2.16. The zero-order valence-electron chi connectivity index (χ0n) is 18.4. The minimum absolute atomic E-state index is 0.0846. The number of nitrogens with zero attached hydrogens (tertiary/aromatic N) is 3. The molecule has 166 valence electrons. The van der Waals surface area contributed by atoms with E-state index in [-0.39, 0.29) is 18.3 Å². The normalized spacial score (nSPS) is 11.8. The highest BCUT2D eigenvalue weighted by Crippen LogP contribution is 2.10. The molecule has 0 aliphatic carbocycles. The highest BCUT2D eigenvalue weighted by molar-refractivity contribution is 7.91. The van der Waals surface area contributed by atoms with Crippen LogP contribution in [0.3, 0.4) is 0 Å². The van der Waals surface area contributed by atoms with Crippen LogP contribution in [-0.2, 0) is 9.84 Å². The lowest BCUT2D eigenvalue weighted by Crippen LogP contribution is -2.47. The third-order valence-electron chi connectivity index (χ3n) is 5.20. The number of hydrogen-bond acceptors (Lipinski definition) is 5. The molecule has 0 saturated heterocycles. The second-order valence-electron chi connectivity index (χ2n) is 6.90. The lowest BCUT2D eigenvalue weighted by Gasteiger charge is -2.27. The summed E-state index contributed by atoms with van der Waals surface area (Å²) < 4.78 is 25.2. The summed E-state index contributed by atoms with van der Waals surface area (Å²) >= 11 is 0. The SMILES string of the molecule is CCN(CC)CCNC(=O)N(CCN(CC)CC)CCS(=O)(=O)c1ccccc1. The van der Waals surface area contributed by atoms with Crippen molar-refractivity contribution in [2.75, 3.05) is 64.7 Å². The average molecular weight is 427 g/mol. The first-order chi connectivity index (χ1) is 13.9. The Morgan fingerprint density at radius 1 is 0.828 bits per heavy atom. The third kappa shape index (κ3) is 9.14. The van der Waals surface area contributed by atoms with E-state index in [4.69, 9.17) is 0 Å². The Bertz CT molecular complexity index is 674. The third-order valence-corrected chi connectivity index (χ3v) is 6.91. The van der Waals surface area contributed by atoms with Gasteiger partial charge in [0.1, 0.15) is 0 Å². The molecule has 1 aromatic rings. The fourth-order valence-electron chi connectivity index (χ4n) is 3.07. The zero-order valence-corrected chi connectivity index (χ0v) is 19.2. The summed E-state index contributed by atoms with van der Waals surface area (Å²) in [7, 11) is -3.42. The minimum atomic E-state index is -3.42. The zero-order chi connectivity index (χ0) is 21.7. The Hall–Kier alpha value is -1.64. The first-order valence-corrected chi connectivity index (χ1v) is 12.3. The lowest BCUT2D eigenvalue weighted by molar-refractivity contribution is 0.186. The van der Waals surface area contributed by atoms with Crippen LogP contribution in [0.1, 0.15) is 27.7 Å². The van der Waals surface area contributed by atoms with Gasteiger partial charge in [-0.25, -0.2) is 13.2 Å². The summed E-state index contributed by atoms with van der Waals surface area (Å²) in [5.74, 6) is -0.0846. The molecular weight excluding hydrogens is 388 g/mol. The van der Waals surface area contributed by atoms with Gasteiger partial charge in [0.2, 0.25) is 0 Å². The number of amides is 2. The predicted molar refractivity (Wildman–Crippen MR) is 119 cm³/mol. The van der Waals surface area contributed by atoms with Gasteiger partial charge in [-0.1, -0.05) is 45.9 Å². The largest absolute Gasteiger partial charge is 0.337 e. The number of carbonyl (C=O) groups excluding carboxylic acids is 1. The van der Waals surface area contributed by atoms with Gasteiger partial charge in [-0.05, 0) is 38.3 Å². The van der Waals surface area contributed by atoms with Gasteiger partial charge < -0.3 is 20.0 Å². The van der Waals surface area contributed by atoms with Crippen molar-refractivity contribution >= 4 is 15.9 Å². The van der Waals surface area contributed by atoms with Crippen molar-refractivity contribution in [3.8, 4) is 0 Å². The lowest BCUT2D eigenvalue weighted by atomic mass is 10.4. The maximum Gasteiger partial charge on any atom is 0.317 e. The number of urea groups is 1. The maximum atomic E-state index is 12.7. The molecule has 0 bridgehead atoms. The average Bonchev–Trinajstić information content (AvgIpc) is 2.74. The fourth-order valence-corrected chi connectivity index (χ4v) is 4.33. The molecule has 0 spiro atoms. The summed E-state index contributed by atoms with van der Waals surface area (Å²) in [5, 5.41) is 2.95. The molecule has 0 fully saturated rings. The van der Waals surface area contributed by atoms with E-state index >= 15 is 0 Å². The van der Waals surface area contributed by atoms with Crippen molar-refractivity contribution in [3.05, 3.63) is 30.3 Å². The van der Waals surface area contributed by atoms with Gasteiger partial charge in [0.15, 0.2) is 9.84 Å². The Balaban J connectivity index is 2.72. The van der Waals surface area contributed by atoms with Crippen LogP contribution in [0.25, 0.3) is 0 Å². The molecule has 0 unspecified atom stereocenters. The van der Waals surface area contributed by atoms with Crippen molar-refractivity contribution in [2.24, 2.45) is 0 Å². The van der Waals surface area contributed by atoms with Crippen LogP contribution < -0.4 is 5.32 Å². The van der Waals surface area contributed by atoms with Crippen molar-refractivity contribution in [1.29, 1.82) is 0 Å². The molecule has 0 aromatic heterocycles. The molecule has 0 aliphatic heterocycles. The fraction of sp³-hybridized carbons (Fsp3) is 0.667. The number of sulfone groups is 1. The number of nitrogens with one attached hydrogen (secondary N) is 1. The van der Waals surface area contributed by atoms with E-state index in [0.29, 0.717) is 18.0 Å². The van der Waals surface area contributed by atoms with Crippen molar-refractivity contribution in [2.45, 2.75) is 32.6 Å². The number of rotatable bonds is 14. The van der Waals surface area contributed by atoms with E-state index in [1.807, 2.05) is 0 Å². The first kappa shape index (κ1) is 25.4. The summed E-state index contributed by atoms with van der Waals surface area (Å²) in [6.45, 7) is 14.8. The Kier molecular flexibility index (Phi) is 11.9. The van der Waals surface area contributed by atoms with E-state index in [1.54, 1.807) is 35.2 Å². The van der Waals surface area contributed by atoms with Crippen molar-refractivity contribution < 1.29 is 13.2 Å². The highest BCUT2D eigenvalue weighted by atomic mass is 32.2. The Labute approximate surface area is 177 Å². The topological polar surface area (TPSA) is 73.0 Å². The molecule has 1 aromatic carbocycles. The van der Waals surface area contributed by atoms with E-state index in [0.717, 1.165) is 39.3 Å². The molecule has 7 nitrogen and oxygen atoms in total. The molecular formula is C21H38N4O3S. The van der Waals surface area contributed by atoms with Gasteiger partial charge >= 0.3 is 6.03 Å². The monoisotopic (exact) mass is 426 g/mol. The molecule has 2 amide bonds.